The molecule has 0 fully saturated rings. The quantitative estimate of drug-likeness (QED) is 0.824. The summed E-state index contributed by atoms with van der Waals surface area (Å²) < 4.78 is 4.58. The maximum Gasteiger partial charge on any atom is 0.339 e. The summed E-state index contributed by atoms with van der Waals surface area (Å²) in [6, 6.07) is 7.21. The Morgan fingerprint density at radius 1 is 1.47 bits per heavy atom. The summed E-state index contributed by atoms with van der Waals surface area (Å²) in [4.78, 5) is 25.2. The second-order valence-corrected chi connectivity index (χ2v) is 4.88. The van der Waals surface area contributed by atoms with Gasteiger partial charge in [0.05, 0.1) is 13.7 Å². The number of benzene rings is 1. The Kier molecular flexibility index (Phi) is 3.57. The van der Waals surface area contributed by atoms with Crippen molar-refractivity contribution in [2.75, 3.05) is 25.1 Å². The zero-order valence-electron chi connectivity index (χ0n) is 11.0. The van der Waals surface area contributed by atoms with E-state index in [1.54, 1.807) is 12.1 Å². The fourth-order valence-corrected chi connectivity index (χ4v) is 2.30. The average Bonchev–Trinajstić information content (AvgIpc) is 2.41. The average molecular weight is 263 g/mol. The number of ether oxygens (including phenoxy) is 1. The van der Waals surface area contributed by atoms with Crippen LogP contribution in [-0.2, 0) is 9.53 Å². The molecule has 0 radical (unpaired) electrons. The smallest absolute Gasteiger partial charge is 0.339 e. The number of rotatable bonds is 3. The molecule has 0 aromatic heterocycles. The van der Waals surface area contributed by atoms with Crippen LogP contribution in [0.25, 0.3) is 0 Å². The number of Topliss-reactive ketones (excluding diaryl/α,β-unsaturated/α-hetero) is 1. The highest BCUT2D eigenvalue weighted by Gasteiger charge is 2.36. The van der Waals surface area contributed by atoms with Gasteiger partial charge in [-0.15, -0.1) is 0 Å². The number of carbonyl (C=O) groups is 2. The van der Waals surface area contributed by atoms with Gasteiger partial charge in [0.1, 0.15) is 0 Å². The number of methoxy groups -OCH3 is 1. The number of fused-ring (bicyclic) bond motifs is 1. The number of hydrogen-bond acceptors (Lipinski definition) is 5. The third-order valence-electron chi connectivity index (χ3n) is 3.28. The van der Waals surface area contributed by atoms with Crippen LogP contribution >= 0.6 is 0 Å². The number of para-hydroxylation sites is 1. The molecule has 1 heterocycles. The minimum Gasteiger partial charge on any atom is -0.467 e. The lowest BCUT2D eigenvalue weighted by Gasteiger charge is -2.34. The van der Waals surface area contributed by atoms with Crippen molar-refractivity contribution in [2.45, 2.75) is 18.9 Å². The molecular weight excluding hydrogens is 246 g/mol. The van der Waals surface area contributed by atoms with Crippen molar-refractivity contribution in [1.82, 2.24) is 0 Å². The van der Waals surface area contributed by atoms with Crippen molar-refractivity contribution >= 4 is 17.4 Å². The van der Waals surface area contributed by atoms with Crippen molar-refractivity contribution < 1.29 is 19.4 Å². The first-order chi connectivity index (χ1) is 8.95. The van der Waals surface area contributed by atoms with Crippen LogP contribution < -0.4 is 4.90 Å². The monoisotopic (exact) mass is 263 g/mol. The Bertz CT molecular complexity index is 510. The summed E-state index contributed by atoms with van der Waals surface area (Å²) in [5.41, 5.74) is -0.209. The van der Waals surface area contributed by atoms with Gasteiger partial charge >= 0.3 is 5.97 Å². The van der Waals surface area contributed by atoms with E-state index in [0.29, 0.717) is 18.5 Å². The normalized spacial score (nSPS) is 17.6. The van der Waals surface area contributed by atoms with Gasteiger partial charge in [-0.3, -0.25) is 4.79 Å². The van der Waals surface area contributed by atoms with Gasteiger partial charge in [-0.2, -0.15) is 0 Å². The molecule has 102 valence electrons. The number of nitrogens with zero attached hydrogens (tertiary/aromatic N) is 1. The molecule has 1 aromatic rings. The first-order valence-electron chi connectivity index (χ1n) is 6.13. The summed E-state index contributed by atoms with van der Waals surface area (Å²) in [6.07, 6.45) is 0.383. The van der Waals surface area contributed by atoms with Crippen LogP contribution in [-0.4, -0.2) is 42.7 Å². The molecule has 0 saturated carbocycles. The number of carbonyl (C=O) groups excluding carboxylic acids is 2. The Morgan fingerprint density at radius 2 is 2.16 bits per heavy atom. The SMILES string of the molecule is COC(=O)C(C)(O)CN1CCC(=O)c2ccccc21. The van der Waals surface area contributed by atoms with E-state index in [2.05, 4.69) is 4.74 Å². The zero-order valence-corrected chi connectivity index (χ0v) is 11.0. The van der Waals surface area contributed by atoms with E-state index >= 15 is 0 Å². The molecule has 0 amide bonds. The van der Waals surface area contributed by atoms with Gasteiger partial charge < -0.3 is 14.7 Å². The molecule has 5 heteroatoms. The van der Waals surface area contributed by atoms with Crippen LogP contribution in [0.2, 0.25) is 0 Å². The Balaban J connectivity index is 2.26. The van der Waals surface area contributed by atoms with Crippen molar-refractivity contribution in [3.8, 4) is 0 Å². The van der Waals surface area contributed by atoms with Crippen LogP contribution in [0.1, 0.15) is 23.7 Å². The van der Waals surface area contributed by atoms with E-state index in [1.165, 1.54) is 14.0 Å². The topological polar surface area (TPSA) is 66.8 Å². The molecule has 1 unspecified atom stereocenters. The molecular formula is C14H17NO4. The third-order valence-corrected chi connectivity index (χ3v) is 3.28. The summed E-state index contributed by atoms with van der Waals surface area (Å²) in [5.74, 6) is -0.591. The fourth-order valence-electron chi connectivity index (χ4n) is 2.30. The van der Waals surface area contributed by atoms with E-state index in [9.17, 15) is 14.7 Å². The first kappa shape index (κ1) is 13.5. The number of anilines is 1. The molecule has 1 aliphatic heterocycles. The maximum absolute atomic E-state index is 11.8. The third kappa shape index (κ3) is 2.61. The van der Waals surface area contributed by atoms with Gasteiger partial charge in [0, 0.05) is 24.2 Å². The number of β-amino-alcohol motifs (C(OH)–C–C–N with tert-alkyl or cyclic N) is 1. The van der Waals surface area contributed by atoms with Crippen LogP contribution in [0.4, 0.5) is 5.69 Å². The Hall–Kier alpha value is -1.88. The van der Waals surface area contributed by atoms with Gasteiger partial charge in [-0.25, -0.2) is 4.79 Å². The van der Waals surface area contributed by atoms with Gasteiger partial charge in [0.15, 0.2) is 11.4 Å². The highest BCUT2D eigenvalue weighted by atomic mass is 16.5. The highest BCUT2D eigenvalue weighted by molar-refractivity contribution is 6.03. The Labute approximate surface area is 111 Å². The fraction of sp³-hybridized carbons (Fsp3) is 0.429. The summed E-state index contributed by atoms with van der Waals surface area (Å²) in [7, 11) is 1.24. The van der Waals surface area contributed by atoms with E-state index < -0.39 is 11.6 Å². The standard InChI is InChI=1S/C14H17NO4/c1-14(18,13(17)19-2)9-15-8-7-12(16)10-5-3-4-6-11(10)15/h3-6,18H,7-9H2,1-2H3. The van der Waals surface area contributed by atoms with Crippen molar-refractivity contribution in [2.24, 2.45) is 0 Å². The van der Waals surface area contributed by atoms with Gasteiger partial charge in [0.25, 0.3) is 0 Å². The predicted molar refractivity (Wildman–Crippen MR) is 70.2 cm³/mol. The number of hydrogen-bond donors (Lipinski definition) is 1. The number of esters is 1. The number of ketones is 1. The maximum atomic E-state index is 11.8. The molecule has 5 nitrogen and oxygen atoms in total. The molecule has 1 aliphatic rings. The molecule has 1 aromatic carbocycles. The molecule has 0 spiro atoms. The molecule has 0 aliphatic carbocycles. The lowest BCUT2D eigenvalue weighted by molar-refractivity contribution is -0.159. The van der Waals surface area contributed by atoms with Crippen LogP contribution in [0, 0.1) is 0 Å². The van der Waals surface area contributed by atoms with E-state index in [1.807, 2.05) is 17.0 Å². The van der Waals surface area contributed by atoms with E-state index in [4.69, 9.17) is 0 Å². The summed E-state index contributed by atoms with van der Waals surface area (Å²) in [5, 5.41) is 10.1. The largest absolute Gasteiger partial charge is 0.467 e. The molecule has 0 saturated heterocycles. The second kappa shape index (κ2) is 5.01. The summed E-state index contributed by atoms with van der Waals surface area (Å²) in [6.45, 7) is 2.00. The number of aliphatic hydroxyl groups is 1. The summed E-state index contributed by atoms with van der Waals surface area (Å²) >= 11 is 0. The van der Waals surface area contributed by atoms with Gasteiger partial charge in [-0.05, 0) is 19.1 Å². The van der Waals surface area contributed by atoms with Gasteiger partial charge in [-0.1, -0.05) is 12.1 Å². The van der Waals surface area contributed by atoms with Crippen molar-refractivity contribution in [1.29, 1.82) is 0 Å². The zero-order chi connectivity index (χ0) is 14.0. The lowest BCUT2D eigenvalue weighted by atomic mass is 9.98. The van der Waals surface area contributed by atoms with Crippen molar-refractivity contribution in [3.63, 3.8) is 0 Å². The predicted octanol–water partition coefficient (Wildman–Crippen LogP) is 1.00. The molecule has 1 atom stereocenters. The molecule has 1 N–H and O–H groups in total. The minimum atomic E-state index is -1.59. The highest BCUT2D eigenvalue weighted by Crippen LogP contribution is 2.28. The second-order valence-electron chi connectivity index (χ2n) is 4.88. The minimum absolute atomic E-state index is 0.0876. The van der Waals surface area contributed by atoms with Crippen LogP contribution in [0.15, 0.2) is 24.3 Å². The molecule has 2 rings (SSSR count). The first-order valence-corrected chi connectivity index (χ1v) is 6.13. The molecule has 19 heavy (non-hydrogen) atoms. The molecule has 0 bridgehead atoms. The van der Waals surface area contributed by atoms with Crippen LogP contribution in [0.3, 0.4) is 0 Å². The van der Waals surface area contributed by atoms with E-state index in [0.717, 1.165) is 5.69 Å². The van der Waals surface area contributed by atoms with E-state index in [-0.39, 0.29) is 12.3 Å². The van der Waals surface area contributed by atoms with Crippen molar-refractivity contribution in [3.05, 3.63) is 29.8 Å². The van der Waals surface area contributed by atoms with Crippen LogP contribution in [0.5, 0.6) is 0 Å². The lowest BCUT2D eigenvalue weighted by Crippen LogP contribution is -2.49. The van der Waals surface area contributed by atoms with Gasteiger partial charge in [0.2, 0.25) is 0 Å². The Morgan fingerprint density at radius 3 is 2.84 bits per heavy atom.